The van der Waals surface area contributed by atoms with Crippen LogP contribution in [0.2, 0.25) is 0 Å². The van der Waals surface area contributed by atoms with Gasteiger partial charge in [0, 0.05) is 25.3 Å². The van der Waals surface area contributed by atoms with Gasteiger partial charge < -0.3 is 15.0 Å². The van der Waals surface area contributed by atoms with Crippen molar-refractivity contribution in [3.05, 3.63) is 48.2 Å². The minimum absolute atomic E-state index is 0.124. The third kappa shape index (κ3) is 6.54. The molecule has 0 aliphatic carbocycles. The van der Waals surface area contributed by atoms with Crippen LogP contribution in [-0.4, -0.2) is 70.8 Å². The van der Waals surface area contributed by atoms with E-state index in [9.17, 15) is 18.0 Å². The van der Waals surface area contributed by atoms with Crippen molar-refractivity contribution in [2.75, 3.05) is 42.7 Å². The number of rotatable bonds is 8. The summed E-state index contributed by atoms with van der Waals surface area (Å²) in [7, 11) is 3.30. The highest BCUT2D eigenvalue weighted by Gasteiger charge is 2.32. The summed E-state index contributed by atoms with van der Waals surface area (Å²) >= 11 is 1.18. The van der Waals surface area contributed by atoms with Gasteiger partial charge >= 0.3 is 6.36 Å². The Morgan fingerprint density at radius 3 is 2.71 bits per heavy atom. The lowest BCUT2D eigenvalue weighted by Gasteiger charge is -2.23. The number of carbonyl (C=O) groups is 1. The van der Waals surface area contributed by atoms with Crippen molar-refractivity contribution in [3.8, 4) is 5.75 Å². The monoisotopic (exact) mass is 508 g/mol. The molecule has 1 aliphatic heterocycles. The van der Waals surface area contributed by atoms with Crippen molar-refractivity contribution < 1.29 is 22.7 Å². The Bertz CT molecular complexity index is 1140. The highest BCUT2D eigenvalue weighted by Crippen LogP contribution is 2.29. The first-order chi connectivity index (χ1) is 16.7. The van der Waals surface area contributed by atoms with Crippen LogP contribution in [-0.2, 0) is 4.79 Å². The van der Waals surface area contributed by atoms with Gasteiger partial charge in [0.2, 0.25) is 16.2 Å². The van der Waals surface area contributed by atoms with Crippen LogP contribution in [0.1, 0.15) is 18.0 Å². The number of amides is 1. The zero-order chi connectivity index (χ0) is 25.0. The first-order valence-electron chi connectivity index (χ1n) is 10.6. The highest BCUT2D eigenvalue weighted by atomic mass is 32.1. The number of alkyl halides is 3. The van der Waals surface area contributed by atoms with E-state index in [0.717, 1.165) is 25.3 Å². The molecule has 3 aromatic rings. The van der Waals surface area contributed by atoms with Crippen LogP contribution in [0, 0.1) is 0 Å². The molecule has 2 N–H and O–H groups in total. The molecular weight excluding hydrogens is 485 g/mol. The molecule has 0 bridgehead atoms. The van der Waals surface area contributed by atoms with Crippen molar-refractivity contribution in [2.24, 2.45) is 0 Å². The second-order valence-corrected chi connectivity index (χ2v) is 9.02. The molecule has 0 saturated carbocycles. The number of hydrogen-bond acceptors (Lipinski definition) is 10. The van der Waals surface area contributed by atoms with E-state index in [0.29, 0.717) is 10.7 Å². The van der Waals surface area contributed by atoms with E-state index >= 15 is 0 Å². The van der Waals surface area contributed by atoms with Crippen LogP contribution >= 0.6 is 11.3 Å². The first-order valence-corrected chi connectivity index (χ1v) is 11.5. The number of carbonyl (C=O) groups excluding carboxylic acids is 1. The van der Waals surface area contributed by atoms with E-state index in [1.807, 2.05) is 12.1 Å². The van der Waals surface area contributed by atoms with E-state index in [1.54, 1.807) is 31.3 Å². The number of halogens is 3. The maximum atomic E-state index is 13.0. The van der Waals surface area contributed by atoms with Gasteiger partial charge in [-0.2, -0.15) is 5.10 Å². The van der Waals surface area contributed by atoms with Gasteiger partial charge in [0.05, 0.1) is 0 Å². The fraction of sp³-hybridized carbons (Fsp3) is 0.381. The third-order valence-electron chi connectivity index (χ3n) is 5.23. The molecule has 1 aromatic carbocycles. The Morgan fingerprint density at radius 1 is 1.20 bits per heavy atom. The molecule has 0 radical (unpaired) electrons. The first kappa shape index (κ1) is 24.6. The second-order valence-electron chi connectivity index (χ2n) is 8.05. The van der Waals surface area contributed by atoms with E-state index in [1.165, 1.54) is 29.5 Å². The molecule has 0 spiro atoms. The van der Waals surface area contributed by atoms with Crippen molar-refractivity contribution in [1.82, 2.24) is 25.3 Å². The van der Waals surface area contributed by atoms with Gasteiger partial charge in [0.1, 0.15) is 11.8 Å². The molecule has 1 fully saturated rings. The number of nitrogens with zero attached hydrogens (tertiary/aromatic N) is 6. The number of ether oxygens (including phenoxy) is 1. The SMILES string of the molecule is CN(C)[C@@H](C(=O)Nc1nnc(N[C@@H]2CCN(c3cccnn3)C2)s1)c1cccc(OC(F)(F)F)c1. The van der Waals surface area contributed by atoms with E-state index in [4.69, 9.17) is 0 Å². The lowest BCUT2D eigenvalue weighted by molar-refractivity contribution is -0.274. The molecular formula is C21H23F3N8O2S. The predicted octanol–water partition coefficient (Wildman–Crippen LogP) is 3.16. The largest absolute Gasteiger partial charge is 0.573 e. The molecule has 10 nitrogen and oxygen atoms in total. The maximum absolute atomic E-state index is 13.0. The molecule has 0 unspecified atom stereocenters. The van der Waals surface area contributed by atoms with Crippen molar-refractivity contribution in [1.29, 1.82) is 0 Å². The minimum atomic E-state index is -4.82. The van der Waals surface area contributed by atoms with Crippen LogP contribution in [0.5, 0.6) is 5.75 Å². The third-order valence-corrected chi connectivity index (χ3v) is 6.00. The van der Waals surface area contributed by atoms with Crippen LogP contribution in [0.4, 0.5) is 29.3 Å². The Labute approximate surface area is 203 Å². The number of nitrogens with one attached hydrogen (secondary N) is 2. The number of hydrogen-bond donors (Lipinski definition) is 2. The maximum Gasteiger partial charge on any atom is 0.573 e. The summed E-state index contributed by atoms with van der Waals surface area (Å²) in [4.78, 5) is 16.7. The summed E-state index contributed by atoms with van der Waals surface area (Å²) in [5.74, 6) is -0.0536. The summed E-state index contributed by atoms with van der Waals surface area (Å²) in [5.41, 5.74) is 0.340. The lowest BCUT2D eigenvalue weighted by atomic mass is 10.0. The number of aromatic nitrogens is 4. The molecule has 4 rings (SSSR count). The van der Waals surface area contributed by atoms with E-state index < -0.39 is 24.1 Å². The molecule has 1 saturated heterocycles. The van der Waals surface area contributed by atoms with Gasteiger partial charge in [-0.05, 0) is 50.3 Å². The molecule has 3 heterocycles. The summed E-state index contributed by atoms with van der Waals surface area (Å²) < 4.78 is 41.8. The van der Waals surface area contributed by atoms with Crippen LogP contribution in [0.15, 0.2) is 42.6 Å². The lowest BCUT2D eigenvalue weighted by Crippen LogP contribution is -2.32. The van der Waals surface area contributed by atoms with Gasteiger partial charge in [-0.3, -0.25) is 15.0 Å². The van der Waals surface area contributed by atoms with Crippen LogP contribution in [0.25, 0.3) is 0 Å². The van der Waals surface area contributed by atoms with Gasteiger partial charge in [0.25, 0.3) is 0 Å². The van der Waals surface area contributed by atoms with Crippen molar-refractivity contribution in [2.45, 2.75) is 24.9 Å². The summed E-state index contributed by atoms with van der Waals surface area (Å²) in [5, 5.41) is 23.0. The quantitative estimate of drug-likeness (QED) is 0.474. The van der Waals surface area contributed by atoms with Gasteiger partial charge in [-0.15, -0.1) is 28.5 Å². The van der Waals surface area contributed by atoms with Crippen molar-refractivity contribution in [3.63, 3.8) is 0 Å². The Morgan fingerprint density at radius 2 is 2.00 bits per heavy atom. The molecule has 1 amide bonds. The van der Waals surface area contributed by atoms with Crippen LogP contribution in [0.3, 0.4) is 0 Å². The fourth-order valence-corrected chi connectivity index (χ4v) is 4.52. The standard InChI is InChI=1S/C21H23F3N8O2S/c1-31(2)17(13-5-3-6-15(11-13)34-21(22,23)24)18(33)27-20-30-29-19(35-20)26-14-8-10-32(12-14)16-7-4-9-25-28-16/h3-7,9,11,14,17H,8,10,12H2,1-2H3,(H,26,29)(H,27,30,33)/t14-,17-/m1/s1. The minimum Gasteiger partial charge on any atom is -0.406 e. The Hall–Kier alpha value is -3.52. The fourth-order valence-electron chi connectivity index (χ4n) is 3.79. The smallest absolute Gasteiger partial charge is 0.406 e. The highest BCUT2D eigenvalue weighted by molar-refractivity contribution is 7.19. The molecule has 2 atom stereocenters. The number of likely N-dealkylation sites (N-methyl/N-ethyl adjacent to an activating group) is 1. The second kappa shape index (κ2) is 10.4. The Kier molecular flexibility index (Phi) is 7.31. The molecule has 1 aliphatic rings. The predicted molar refractivity (Wildman–Crippen MR) is 124 cm³/mol. The summed E-state index contributed by atoms with van der Waals surface area (Å²) in [6.07, 6.45) is -2.33. The topological polar surface area (TPSA) is 108 Å². The van der Waals surface area contributed by atoms with Gasteiger partial charge in [-0.1, -0.05) is 23.5 Å². The van der Waals surface area contributed by atoms with E-state index in [-0.39, 0.29) is 11.2 Å². The molecule has 2 aromatic heterocycles. The number of benzene rings is 1. The zero-order valence-electron chi connectivity index (χ0n) is 18.9. The Balaban J connectivity index is 1.38. The average molecular weight is 509 g/mol. The van der Waals surface area contributed by atoms with Gasteiger partial charge in [0.15, 0.2) is 5.82 Å². The average Bonchev–Trinajstić information content (AvgIpc) is 3.43. The van der Waals surface area contributed by atoms with Gasteiger partial charge in [-0.25, -0.2) is 0 Å². The normalized spacial score (nSPS) is 16.9. The zero-order valence-corrected chi connectivity index (χ0v) is 19.7. The van der Waals surface area contributed by atoms with Crippen molar-refractivity contribution >= 4 is 33.3 Å². The summed E-state index contributed by atoms with van der Waals surface area (Å²) in [6.45, 7) is 1.54. The van der Waals surface area contributed by atoms with Crippen LogP contribution < -0.4 is 20.3 Å². The molecule has 35 heavy (non-hydrogen) atoms. The van der Waals surface area contributed by atoms with E-state index in [2.05, 4.69) is 40.7 Å². The molecule has 14 heteroatoms. The summed E-state index contributed by atoms with van der Waals surface area (Å²) in [6, 6.07) is 8.32. The molecule has 186 valence electrons. The number of anilines is 3.